The van der Waals surface area contributed by atoms with E-state index in [1.54, 1.807) is 0 Å². The smallest absolute Gasteiger partial charge is 0.303 e. The number of carboxylic acid groups (broad SMARTS) is 1. The van der Waals surface area contributed by atoms with Crippen LogP contribution in [0.25, 0.3) is 10.2 Å². The molecule has 5 nitrogen and oxygen atoms in total. The van der Waals surface area contributed by atoms with Gasteiger partial charge in [0.2, 0.25) is 0 Å². The highest BCUT2D eigenvalue weighted by molar-refractivity contribution is 7.16. The van der Waals surface area contributed by atoms with Gasteiger partial charge in [-0.25, -0.2) is 4.98 Å². The van der Waals surface area contributed by atoms with Crippen LogP contribution in [-0.4, -0.2) is 21.0 Å². The third-order valence-electron chi connectivity index (χ3n) is 3.81. The second-order valence-corrected chi connectivity index (χ2v) is 7.43. The average Bonchev–Trinajstić information content (AvgIpc) is 3.07. The molecule has 1 fully saturated rings. The molecule has 0 saturated heterocycles. The lowest BCUT2D eigenvalue weighted by Crippen LogP contribution is -2.23. The SMILES string of the molecule is CC(C)(CC(=O)O)Cc1nc2scc(C3CC3)c2c(=O)[nH]1. The van der Waals surface area contributed by atoms with E-state index in [9.17, 15) is 9.59 Å². The average molecular weight is 306 g/mol. The molecule has 1 aliphatic rings. The predicted molar refractivity (Wildman–Crippen MR) is 82.0 cm³/mol. The Balaban J connectivity index is 1.94. The van der Waals surface area contributed by atoms with Crippen molar-refractivity contribution in [3.05, 3.63) is 27.1 Å². The first kappa shape index (κ1) is 14.3. The Kier molecular flexibility index (Phi) is 3.36. The molecule has 3 rings (SSSR count). The fraction of sp³-hybridized carbons (Fsp3) is 0.533. The minimum absolute atomic E-state index is 0.0481. The summed E-state index contributed by atoms with van der Waals surface area (Å²) in [4.78, 5) is 31.3. The van der Waals surface area contributed by atoms with Gasteiger partial charge >= 0.3 is 5.97 Å². The minimum Gasteiger partial charge on any atom is -0.481 e. The summed E-state index contributed by atoms with van der Waals surface area (Å²) in [7, 11) is 0. The van der Waals surface area contributed by atoms with Gasteiger partial charge in [0.15, 0.2) is 0 Å². The molecule has 0 unspecified atom stereocenters. The summed E-state index contributed by atoms with van der Waals surface area (Å²) < 4.78 is 0. The number of aromatic amines is 1. The lowest BCUT2D eigenvalue weighted by Gasteiger charge is -2.21. The maximum Gasteiger partial charge on any atom is 0.303 e. The first-order valence-corrected chi connectivity index (χ1v) is 7.96. The van der Waals surface area contributed by atoms with Gasteiger partial charge in [-0.05, 0) is 35.1 Å². The topological polar surface area (TPSA) is 83.0 Å². The van der Waals surface area contributed by atoms with Gasteiger partial charge < -0.3 is 10.1 Å². The second-order valence-electron chi connectivity index (χ2n) is 6.57. The molecule has 2 heterocycles. The van der Waals surface area contributed by atoms with Crippen LogP contribution in [0.15, 0.2) is 10.2 Å². The Bertz CT molecular complexity index is 756. The summed E-state index contributed by atoms with van der Waals surface area (Å²) in [5, 5.41) is 11.7. The Morgan fingerprint density at radius 3 is 2.86 bits per heavy atom. The van der Waals surface area contributed by atoms with Crippen molar-refractivity contribution in [2.75, 3.05) is 0 Å². The quantitative estimate of drug-likeness (QED) is 0.889. The highest BCUT2D eigenvalue weighted by Gasteiger charge is 2.29. The molecule has 1 saturated carbocycles. The lowest BCUT2D eigenvalue weighted by atomic mass is 9.85. The minimum atomic E-state index is -0.837. The van der Waals surface area contributed by atoms with Crippen LogP contribution in [0.3, 0.4) is 0 Å². The van der Waals surface area contributed by atoms with Gasteiger partial charge in [0.05, 0.1) is 11.8 Å². The third-order valence-corrected chi connectivity index (χ3v) is 4.70. The molecule has 2 aromatic heterocycles. The molecule has 6 heteroatoms. The molecule has 1 aliphatic carbocycles. The number of hydrogen-bond acceptors (Lipinski definition) is 4. The van der Waals surface area contributed by atoms with E-state index < -0.39 is 11.4 Å². The molecule has 0 bridgehead atoms. The molecule has 112 valence electrons. The van der Waals surface area contributed by atoms with Crippen LogP contribution in [0.1, 0.15) is 50.4 Å². The van der Waals surface area contributed by atoms with Crippen LogP contribution >= 0.6 is 11.3 Å². The number of fused-ring (bicyclic) bond motifs is 1. The summed E-state index contributed by atoms with van der Waals surface area (Å²) in [6.45, 7) is 3.74. The van der Waals surface area contributed by atoms with E-state index in [0.717, 1.165) is 28.6 Å². The van der Waals surface area contributed by atoms with Gasteiger partial charge in [-0.1, -0.05) is 13.8 Å². The van der Waals surface area contributed by atoms with E-state index in [2.05, 4.69) is 9.97 Å². The number of H-pyrrole nitrogens is 1. The van der Waals surface area contributed by atoms with Crippen molar-refractivity contribution in [2.45, 2.75) is 45.4 Å². The fourth-order valence-corrected chi connectivity index (χ4v) is 3.76. The van der Waals surface area contributed by atoms with Crippen LogP contribution < -0.4 is 5.56 Å². The van der Waals surface area contributed by atoms with E-state index in [0.29, 0.717) is 18.2 Å². The van der Waals surface area contributed by atoms with E-state index in [1.807, 2.05) is 19.2 Å². The van der Waals surface area contributed by atoms with Gasteiger partial charge in [-0.2, -0.15) is 0 Å². The monoisotopic (exact) mass is 306 g/mol. The number of rotatable bonds is 5. The summed E-state index contributed by atoms with van der Waals surface area (Å²) in [6.07, 6.45) is 2.80. The summed E-state index contributed by atoms with van der Waals surface area (Å²) in [6, 6.07) is 0. The number of carbonyl (C=O) groups is 1. The summed E-state index contributed by atoms with van der Waals surface area (Å²) >= 11 is 1.50. The summed E-state index contributed by atoms with van der Waals surface area (Å²) in [5.74, 6) is 0.259. The van der Waals surface area contributed by atoms with Gasteiger partial charge in [-0.15, -0.1) is 11.3 Å². The van der Waals surface area contributed by atoms with E-state index in [1.165, 1.54) is 11.3 Å². The van der Waals surface area contributed by atoms with E-state index in [-0.39, 0.29) is 12.0 Å². The van der Waals surface area contributed by atoms with Gasteiger partial charge in [0.25, 0.3) is 5.56 Å². The number of nitrogens with one attached hydrogen (secondary N) is 1. The number of nitrogens with zero attached hydrogens (tertiary/aromatic N) is 1. The van der Waals surface area contributed by atoms with E-state index in [4.69, 9.17) is 5.11 Å². The molecule has 0 radical (unpaired) electrons. The molecule has 2 N–H and O–H groups in total. The molecule has 21 heavy (non-hydrogen) atoms. The van der Waals surface area contributed by atoms with Gasteiger partial charge in [0, 0.05) is 6.42 Å². The zero-order valence-corrected chi connectivity index (χ0v) is 12.9. The Hall–Kier alpha value is -1.69. The summed E-state index contributed by atoms with van der Waals surface area (Å²) in [5.41, 5.74) is 0.593. The molecule has 0 aromatic carbocycles. The number of carboxylic acids is 1. The Morgan fingerprint density at radius 2 is 2.24 bits per heavy atom. The molecule has 0 atom stereocenters. The Labute approximate surface area is 126 Å². The molecule has 0 aliphatic heterocycles. The predicted octanol–water partition coefficient (Wildman–Crippen LogP) is 2.91. The zero-order chi connectivity index (χ0) is 15.2. The number of hydrogen-bond donors (Lipinski definition) is 2. The lowest BCUT2D eigenvalue weighted by molar-refractivity contribution is -0.139. The number of aromatic nitrogens is 2. The van der Waals surface area contributed by atoms with Gasteiger partial charge in [-0.3, -0.25) is 9.59 Å². The molecule has 0 amide bonds. The Morgan fingerprint density at radius 1 is 1.52 bits per heavy atom. The van der Waals surface area contributed by atoms with Crippen molar-refractivity contribution < 1.29 is 9.90 Å². The van der Waals surface area contributed by atoms with Crippen LogP contribution in [0.5, 0.6) is 0 Å². The van der Waals surface area contributed by atoms with Gasteiger partial charge in [0.1, 0.15) is 10.7 Å². The van der Waals surface area contributed by atoms with Crippen LogP contribution in [0.4, 0.5) is 0 Å². The third kappa shape index (κ3) is 3.00. The largest absolute Gasteiger partial charge is 0.481 e. The van der Waals surface area contributed by atoms with Crippen molar-refractivity contribution in [2.24, 2.45) is 5.41 Å². The van der Waals surface area contributed by atoms with Crippen molar-refractivity contribution >= 4 is 27.5 Å². The fourth-order valence-electron chi connectivity index (χ4n) is 2.72. The van der Waals surface area contributed by atoms with Crippen molar-refractivity contribution in [1.29, 1.82) is 0 Å². The first-order valence-electron chi connectivity index (χ1n) is 7.08. The van der Waals surface area contributed by atoms with Crippen LogP contribution in [0, 0.1) is 5.41 Å². The molecule has 2 aromatic rings. The van der Waals surface area contributed by atoms with Crippen molar-refractivity contribution in [1.82, 2.24) is 9.97 Å². The zero-order valence-electron chi connectivity index (χ0n) is 12.1. The maximum absolute atomic E-state index is 12.3. The first-order chi connectivity index (χ1) is 9.85. The van der Waals surface area contributed by atoms with E-state index >= 15 is 0 Å². The highest BCUT2D eigenvalue weighted by Crippen LogP contribution is 2.44. The van der Waals surface area contributed by atoms with Crippen LogP contribution in [-0.2, 0) is 11.2 Å². The number of aliphatic carboxylic acids is 1. The molecular weight excluding hydrogens is 288 g/mol. The molecular formula is C15H18N2O3S. The molecule has 0 spiro atoms. The van der Waals surface area contributed by atoms with Crippen molar-refractivity contribution in [3.63, 3.8) is 0 Å². The van der Waals surface area contributed by atoms with Crippen LogP contribution in [0.2, 0.25) is 0 Å². The standard InChI is InChI=1S/C15H18N2O3S/c1-15(2,6-11(18)19)5-10-16-13(20)12-9(8-3-4-8)7-21-14(12)17-10/h7-8H,3-6H2,1-2H3,(H,18,19)(H,16,17,20). The highest BCUT2D eigenvalue weighted by atomic mass is 32.1. The maximum atomic E-state index is 12.3. The normalized spacial score (nSPS) is 15.5. The number of thiophene rings is 1. The van der Waals surface area contributed by atoms with Crippen molar-refractivity contribution in [3.8, 4) is 0 Å². The second kappa shape index (κ2) is 4.94.